The summed E-state index contributed by atoms with van der Waals surface area (Å²) in [7, 11) is -2.67. The number of nitrogens with one attached hydrogen (secondary N) is 1. The van der Waals surface area contributed by atoms with Crippen LogP contribution in [-0.2, 0) is 16.6 Å². The number of sulfonamides is 1. The van der Waals surface area contributed by atoms with Crippen molar-refractivity contribution in [2.45, 2.75) is 11.5 Å². The zero-order chi connectivity index (χ0) is 24.1. The lowest BCUT2D eigenvalue weighted by Crippen LogP contribution is -2.28. The molecule has 1 aromatic heterocycles. The van der Waals surface area contributed by atoms with E-state index in [0.717, 1.165) is 21.2 Å². The van der Waals surface area contributed by atoms with E-state index in [0.29, 0.717) is 18.0 Å². The zero-order valence-corrected chi connectivity index (χ0v) is 19.8. The van der Waals surface area contributed by atoms with E-state index >= 15 is 0 Å². The third kappa shape index (κ3) is 5.27. The minimum absolute atomic E-state index is 0.0540. The van der Waals surface area contributed by atoms with Crippen molar-refractivity contribution in [1.29, 1.82) is 0 Å². The molecule has 0 fully saturated rings. The normalized spacial score (nSPS) is 11.1. The predicted molar refractivity (Wildman–Crippen MR) is 131 cm³/mol. The van der Waals surface area contributed by atoms with Crippen molar-refractivity contribution in [1.82, 2.24) is 0 Å². The summed E-state index contributed by atoms with van der Waals surface area (Å²) in [6.45, 7) is 0.421. The number of ether oxygens (including phenoxy) is 1. The Hall–Kier alpha value is -3.69. The Morgan fingerprint density at radius 1 is 0.971 bits per heavy atom. The molecule has 0 spiro atoms. The summed E-state index contributed by atoms with van der Waals surface area (Å²) >= 11 is 1.03. The Morgan fingerprint density at radius 3 is 2.32 bits per heavy atom. The Bertz CT molecular complexity index is 1370. The highest BCUT2D eigenvalue weighted by atomic mass is 32.2. The lowest BCUT2D eigenvalue weighted by Gasteiger charge is -2.19. The molecule has 4 rings (SSSR count). The average molecular weight is 497 g/mol. The standard InChI is InChI=1S/C25H21FN2O4S2/c1-28(21-11-7-19(26)8-12-21)34(30,31)23-15-16-33-24(23)25(29)27-20-9-13-22(14-10-20)32-17-18-5-3-2-4-6-18/h2-16H,17H2,1H3,(H,27,29). The molecule has 0 aliphatic carbocycles. The predicted octanol–water partition coefficient (Wildman–Crippen LogP) is 5.54. The van der Waals surface area contributed by atoms with Crippen LogP contribution in [0.2, 0.25) is 0 Å². The van der Waals surface area contributed by atoms with Gasteiger partial charge in [0.15, 0.2) is 0 Å². The molecule has 6 nitrogen and oxygen atoms in total. The van der Waals surface area contributed by atoms with Gasteiger partial charge in [0.2, 0.25) is 0 Å². The minimum atomic E-state index is -4.03. The summed E-state index contributed by atoms with van der Waals surface area (Å²) in [4.78, 5) is 12.8. The molecule has 0 saturated heterocycles. The van der Waals surface area contributed by atoms with E-state index in [1.165, 1.54) is 37.4 Å². The quantitative estimate of drug-likeness (QED) is 0.347. The van der Waals surface area contributed by atoms with E-state index in [1.54, 1.807) is 29.6 Å². The molecule has 3 aromatic carbocycles. The second-order valence-corrected chi connectivity index (χ2v) is 10.2. The topological polar surface area (TPSA) is 75.7 Å². The van der Waals surface area contributed by atoms with Crippen molar-refractivity contribution < 1.29 is 22.3 Å². The zero-order valence-electron chi connectivity index (χ0n) is 18.1. The molecular formula is C25H21FN2O4S2. The lowest BCUT2D eigenvalue weighted by molar-refractivity contribution is 0.102. The molecule has 1 heterocycles. The molecule has 1 amide bonds. The van der Waals surface area contributed by atoms with Crippen LogP contribution in [-0.4, -0.2) is 21.4 Å². The third-order valence-corrected chi connectivity index (χ3v) is 7.89. The summed E-state index contributed by atoms with van der Waals surface area (Å²) in [6.07, 6.45) is 0. The number of benzene rings is 3. The van der Waals surface area contributed by atoms with E-state index in [2.05, 4.69) is 5.32 Å². The molecule has 0 saturated carbocycles. The number of amides is 1. The van der Waals surface area contributed by atoms with Gasteiger partial charge in [-0.3, -0.25) is 9.10 Å². The van der Waals surface area contributed by atoms with Crippen LogP contribution >= 0.6 is 11.3 Å². The van der Waals surface area contributed by atoms with Crippen molar-refractivity contribution in [2.75, 3.05) is 16.7 Å². The summed E-state index contributed by atoms with van der Waals surface area (Å²) in [5, 5.41) is 4.27. The number of thiophene rings is 1. The fraction of sp³-hybridized carbons (Fsp3) is 0.0800. The van der Waals surface area contributed by atoms with Gasteiger partial charge in [0.05, 0.1) is 5.69 Å². The number of rotatable bonds is 8. The van der Waals surface area contributed by atoms with Gasteiger partial charge in [-0.15, -0.1) is 11.3 Å². The van der Waals surface area contributed by atoms with Crippen LogP contribution in [0.4, 0.5) is 15.8 Å². The molecule has 0 bridgehead atoms. The van der Waals surface area contributed by atoms with Crippen molar-refractivity contribution >= 4 is 38.6 Å². The first-order chi connectivity index (χ1) is 16.3. The first kappa shape index (κ1) is 23.5. The molecule has 1 N–H and O–H groups in total. The number of carbonyl (C=O) groups excluding carboxylic acids is 1. The molecule has 34 heavy (non-hydrogen) atoms. The van der Waals surface area contributed by atoms with Gasteiger partial charge in [-0.2, -0.15) is 0 Å². The van der Waals surface area contributed by atoms with Crippen LogP contribution in [0.25, 0.3) is 0 Å². The Labute approximate surface area is 201 Å². The van der Waals surface area contributed by atoms with E-state index in [1.807, 2.05) is 30.3 Å². The number of hydrogen-bond acceptors (Lipinski definition) is 5. The first-order valence-electron chi connectivity index (χ1n) is 10.2. The maximum Gasteiger partial charge on any atom is 0.267 e. The smallest absolute Gasteiger partial charge is 0.267 e. The maximum atomic E-state index is 13.2. The fourth-order valence-corrected chi connectivity index (χ4v) is 5.66. The van der Waals surface area contributed by atoms with Crippen LogP contribution in [0.15, 0.2) is 95.2 Å². The summed E-state index contributed by atoms with van der Waals surface area (Å²) in [5.41, 5.74) is 1.82. The van der Waals surface area contributed by atoms with Gasteiger partial charge in [-0.1, -0.05) is 30.3 Å². The van der Waals surface area contributed by atoms with Gasteiger partial charge < -0.3 is 10.1 Å². The first-order valence-corrected chi connectivity index (χ1v) is 12.6. The van der Waals surface area contributed by atoms with Gasteiger partial charge in [-0.05, 0) is 65.5 Å². The van der Waals surface area contributed by atoms with Crippen LogP contribution < -0.4 is 14.4 Å². The molecular weight excluding hydrogens is 475 g/mol. The maximum absolute atomic E-state index is 13.2. The molecule has 0 aliphatic rings. The summed E-state index contributed by atoms with van der Waals surface area (Å²) < 4.78 is 46.2. The molecule has 0 unspecified atom stereocenters. The van der Waals surface area contributed by atoms with Gasteiger partial charge in [-0.25, -0.2) is 12.8 Å². The van der Waals surface area contributed by atoms with E-state index in [4.69, 9.17) is 4.74 Å². The molecule has 9 heteroatoms. The fourth-order valence-electron chi connectivity index (χ4n) is 3.17. The molecule has 4 aromatic rings. The number of halogens is 1. The second kappa shape index (κ2) is 10.1. The highest BCUT2D eigenvalue weighted by Crippen LogP contribution is 2.29. The van der Waals surface area contributed by atoms with Gasteiger partial charge in [0.25, 0.3) is 15.9 Å². The monoisotopic (exact) mass is 496 g/mol. The molecule has 0 radical (unpaired) electrons. The summed E-state index contributed by atoms with van der Waals surface area (Å²) in [6, 6.07) is 23.0. The SMILES string of the molecule is CN(c1ccc(F)cc1)S(=O)(=O)c1ccsc1C(=O)Nc1ccc(OCc2ccccc2)cc1. The number of nitrogens with zero attached hydrogens (tertiary/aromatic N) is 1. The van der Waals surface area contributed by atoms with Crippen molar-refractivity contribution in [3.8, 4) is 5.75 Å². The van der Waals surface area contributed by atoms with Crippen LogP contribution in [0.5, 0.6) is 5.75 Å². The molecule has 0 atom stereocenters. The Balaban J connectivity index is 1.45. The van der Waals surface area contributed by atoms with Gasteiger partial charge in [0.1, 0.15) is 27.9 Å². The highest BCUT2D eigenvalue weighted by Gasteiger charge is 2.28. The summed E-state index contributed by atoms with van der Waals surface area (Å²) in [5.74, 6) is -0.372. The van der Waals surface area contributed by atoms with E-state index < -0.39 is 21.7 Å². The van der Waals surface area contributed by atoms with Crippen LogP contribution in [0, 0.1) is 5.82 Å². The third-order valence-electron chi connectivity index (χ3n) is 5.02. The Morgan fingerprint density at radius 2 is 1.65 bits per heavy atom. The number of hydrogen-bond donors (Lipinski definition) is 1. The number of carbonyl (C=O) groups is 1. The lowest BCUT2D eigenvalue weighted by atomic mass is 10.2. The average Bonchev–Trinajstić information content (AvgIpc) is 3.36. The van der Waals surface area contributed by atoms with E-state index in [9.17, 15) is 17.6 Å². The molecule has 174 valence electrons. The van der Waals surface area contributed by atoms with Gasteiger partial charge >= 0.3 is 0 Å². The Kier molecular flexibility index (Phi) is 6.95. The number of anilines is 2. The molecule has 0 aliphatic heterocycles. The van der Waals surface area contributed by atoms with Crippen molar-refractivity contribution in [3.05, 3.63) is 107 Å². The largest absolute Gasteiger partial charge is 0.489 e. The highest BCUT2D eigenvalue weighted by molar-refractivity contribution is 7.93. The van der Waals surface area contributed by atoms with E-state index in [-0.39, 0.29) is 15.5 Å². The van der Waals surface area contributed by atoms with Crippen LogP contribution in [0.3, 0.4) is 0 Å². The van der Waals surface area contributed by atoms with Crippen molar-refractivity contribution in [2.24, 2.45) is 0 Å². The van der Waals surface area contributed by atoms with Crippen molar-refractivity contribution in [3.63, 3.8) is 0 Å². The second-order valence-electron chi connectivity index (χ2n) is 7.32. The van der Waals surface area contributed by atoms with Gasteiger partial charge in [0, 0.05) is 12.7 Å². The minimum Gasteiger partial charge on any atom is -0.489 e. The van der Waals surface area contributed by atoms with Crippen LogP contribution in [0.1, 0.15) is 15.2 Å².